The SMILES string of the molecule is Cc1cc(Nc2nc(C3CCC(C(=O)NCc4ccccc4)CC3)nc3ccccc23)nn1C1CCCCO1. The Morgan fingerprint density at radius 3 is 2.56 bits per heavy atom. The number of rotatable bonds is 7. The maximum absolute atomic E-state index is 12.8. The highest BCUT2D eigenvalue weighted by atomic mass is 16.5. The molecule has 1 amide bonds. The predicted octanol–water partition coefficient (Wildman–Crippen LogP) is 6.17. The van der Waals surface area contributed by atoms with Gasteiger partial charge in [-0.05, 0) is 69.6 Å². The van der Waals surface area contributed by atoms with E-state index in [4.69, 9.17) is 19.8 Å². The molecule has 0 spiro atoms. The Morgan fingerprint density at radius 2 is 1.77 bits per heavy atom. The molecule has 2 N–H and O–H groups in total. The lowest BCUT2D eigenvalue weighted by Crippen LogP contribution is -2.32. The lowest BCUT2D eigenvalue weighted by Gasteiger charge is -2.27. The Bertz CT molecular complexity index is 1420. The van der Waals surface area contributed by atoms with Gasteiger partial charge in [0.15, 0.2) is 12.0 Å². The summed E-state index contributed by atoms with van der Waals surface area (Å²) in [6, 6.07) is 20.2. The predicted molar refractivity (Wildman–Crippen MR) is 152 cm³/mol. The van der Waals surface area contributed by atoms with Gasteiger partial charge in [-0.2, -0.15) is 5.10 Å². The van der Waals surface area contributed by atoms with E-state index in [0.29, 0.717) is 6.54 Å². The number of para-hydroxylation sites is 1. The van der Waals surface area contributed by atoms with Crippen LogP contribution in [-0.2, 0) is 16.1 Å². The third kappa shape index (κ3) is 5.81. The van der Waals surface area contributed by atoms with Gasteiger partial charge >= 0.3 is 0 Å². The van der Waals surface area contributed by atoms with E-state index in [1.807, 2.05) is 65.3 Å². The Balaban J connectivity index is 1.15. The van der Waals surface area contributed by atoms with E-state index in [0.717, 1.165) is 91.2 Å². The zero-order valence-electron chi connectivity index (χ0n) is 22.5. The number of carbonyl (C=O) groups excluding carboxylic acids is 1. The number of ether oxygens (including phenoxy) is 1. The van der Waals surface area contributed by atoms with Gasteiger partial charge in [0.25, 0.3) is 0 Å². The van der Waals surface area contributed by atoms with E-state index in [1.54, 1.807) is 0 Å². The molecule has 1 atom stereocenters. The molecule has 4 aromatic rings. The topological polar surface area (TPSA) is 94.0 Å². The Morgan fingerprint density at radius 1 is 0.974 bits per heavy atom. The van der Waals surface area contributed by atoms with Gasteiger partial charge < -0.3 is 15.4 Å². The zero-order valence-corrected chi connectivity index (χ0v) is 22.5. The van der Waals surface area contributed by atoms with Crippen LogP contribution in [0.3, 0.4) is 0 Å². The quantitative estimate of drug-likeness (QED) is 0.300. The lowest BCUT2D eigenvalue weighted by molar-refractivity contribution is -0.126. The van der Waals surface area contributed by atoms with Crippen molar-refractivity contribution in [2.24, 2.45) is 5.92 Å². The van der Waals surface area contributed by atoms with Crippen LogP contribution in [0.4, 0.5) is 11.6 Å². The fourth-order valence-electron chi connectivity index (χ4n) is 5.79. The number of nitrogens with one attached hydrogen (secondary N) is 2. The van der Waals surface area contributed by atoms with Gasteiger partial charge in [0.2, 0.25) is 5.91 Å². The molecule has 2 aromatic carbocycles. The Hall–Kier alpha value is -3.78. The molecular weight excluding hydrogens is 488 g/mol. The summed E-state index contributed by atoms with van der Waals surface area (Å²) in [5.41, 5.74) is 3.10. The maximum atomic E-state index is 12.8. The van der Waals surface area contributed by atoms with Crippen molar-refractivity contribution in [1.29, 1.82) is 0 Å². The first kappa shape index (κ1) is 25.5. The van der Waals surface area contributed by atoms with Crippen LogP contribution in [0.1, 0.15) is 74.2 Å². The molecule has 6 rings (SSSR count). The molecule has 1 aliphatic carbocycles. The molecule has 8 nitrogen and oxygen atoms in total. The van der Waals surface area contributed by atoms with Crippen molar-refractivity contribution in [2.45, 2.75) is 70.6 Å². The molecule has 1 saturated heterocycles. The number of hydrogen-bond donors (Lipinski definition) is 2. The smallest absolute Gasteiger partial charge is 0.223 e. The highest BCUT2D eigenvalue weighted by Gasteiger charge is 2.29. The van der Waals surface area contributed by atoms with Crippen LogP contribution in [0.2, 0.25) is 0 Å². The second-order valence-electron chi connectivity index (χ2n) is 10.8. The molecule has 1 unspecified atom stereocenters. The van der Waals surface area contributed by atoms with Crippen LogP contribution in [0.5, 0.6) is 0 Å². The summed E-state index contributed by atoms with van der Waals surface area (Å²) in [4.78, 5) is 22.8. The van der Waals surface area contributed by atoms with E-state index < -0.39 is 0 Å². The van der Waals surface area contributed by atoms with Crippen LogP contribution < -0.4 is 10.6 Å². The van der Waals surface area contributed by atoms with Crippen LogP contribution >= 0.6 is 0 Å². The number of anilines is 2. The highest BCUT2D eigenvalue weighted by Crippen LogP contribution is 2.36. The molecule has 1 aliphatic heterocycles. The summed E-state index contributed by atoms with van der Waals surface area (Å²) in [6.07, 6.45) is 6.72. The van der Waals surface area contributed by atoms with Gasteiger partial charge in [0, 0.05) is 42.1 Å². The number of aryl methyl sites for hydroxylation is 1. The third-order valence-corrected chi connectivity index (χ3v) is 7.99. The van der Waals surface area contributed by atoms with Crippen molar-refractivity contribution in [3.63, 3.8) is 0 Å². The lowest BCUT2D eigenvalue weighted by atomic mass is 9.81. The third-order valence-electron chi connectivity index (χ3n) is 7.99. The van der Waals surface area contributed by atoms with Crippen molar-refractivity contribution in [1.82, 2.24) is 25.1 Å². The molecule has 2 aliphatic rings. The fraction of sp³-hybridized carbons (Fsp3) is 0.419. The number of hydrogen-bond acceptors (Lipinski definition) is 6. The van der Waals surface area contributed by atoms with Crippen LogP contribution in [0, 0.1) is 12.8 Å². The van der Waals surface area contributed by atoms with Crippen molar-refractivity contribution in [2.75, 3.05) is 11.9 Å². The van der Waals surface area contributed by atoms with E-state index in [2.05, 4.69) is 17.6 Å². The highest BCUT2D eigenvalue weighted by molar-refractivity contribution is 5.90. The van der Waals surface area contributed by atoms with Gasteiger partial charge in [0.1, 0.15) is 11.6 Å². The van der Waals surface area contributed by atoms with Gasteiger partial charge in [0.05, 0.1) is 5.52 Å². The number of carbonyl (C=O) groups is 1. The van der Waals surface area contributed by atoms with Gasteiger partial charge in [-0.25, -0.2) is 14.6 Å². The number of benzene rings is 2. The zero-order chi connectivity index (χ0) is 26.6. The molecule has 1 saturated carbocycles. The summed E-state index contributed by atoms with van der Waals surface area (Å²) >= 11 is 0. The fourth-order valence-corrected chi connectivity index (χ4v) is 5.79. The molecule has 2 aromatic heterocycles. The summed E-state index contributed by atoms with van der Waals surface area (Å²) in [5.74, 6) is 2.78. The van der Waals surface area contributed by atoms with Crippen molar-refractivity contribution in [3.05, 3.63) is 77.7 Å². The molecule has 0 radical (unpaired) electrons. The van der Waals surface area contributed by atoms with E-state index >= 15 is 0 Å². The van der Waals surface area contributed by atoms with Crippen molar-refractivity contribution < 1.29 is 9.53 Å². The second kappa shape index (κ2) is 11.5. The van der Waals surface area contributed by atoms with Crippen LogP contribution in [0.15, 0.2) is 60.7 Å². The summed E-state index contributed by atoms with van der Waals surface area (Å²) in [5, 5.41) is 12.4. The van der Waals surface area contributed by atoms with E-state index in [9.17, 15) is 4.79 Å². The summed E-state index contributed by atoms with van der Waals surface area (Å²) in [7, 11) is 0. The molecule has 2 fully saturated rings. The first-order valence-corrected chi connectivity index (χ1v) is 14.2. The van der Waals surface area contributed by atoms with Gasteiger partial charge in [-0.1, -0.05) is 42.5 Å². The summed E-state index contributed by atoms with van der Waals surface area (Å²) < 4.78 is 7.94. The van der Waals surface area contributed by atoms with Crippen LogP contribution in [-0.4, -0.2) is 32.3 Å². The van der Waals surface area contributed by atoms with Crippen molar-refractivity contribution >= 4 is 28.4 Å². The normalized spacial score (nSPS) is 21.5. The minimum absolute atomic E-state index is 0.00733. The average Bonchev–Trinajstić information content (AvgIpc) is 3.36. The second-order valence-corrected chi connectivity index (χ2v) is 10.8. The number of amides is 1. The van der Waals surface area contributed by atoms with Gasteiger partial charge in [-0.15, -0.1) is 0 Å². The Kier molecular flexibility index (Phi) is 7.54. The number of fused-ring (bicyclic) bond motifs is 1. The largest absolute Gasteiger partial charge is 0.357 e. The standard InChI is InChI=1S/C31H36N6O2/c1-21-19-27(36-37(21)28-13-7-8-18-39-28)34-30-25-11-5-6-12-26(25)33-29(35-30)23-14-16-24(17-15-23)31(38)32-20-22-9-3-2-4-10-22/h2-6,9-12,19,23-24,28H,7-8,13-18,20H2,1H3,(H,32,38)(H,33,34,35,36). The molecule has 202 valence electrons. The average molecular weight is 525 g/mol. The van der Waals surface area contributed by atoms with Crippen molar-refractivity contribution in [3.8, 4) is 0 Å². The summed E-state index contributed by atoms with van der Waals surface area (Å²) in [6.45, 7) is 3.42. The maximum Gasteiger partial charge on any atom is 0.223 e. The molecular formula is C31H36N6O2. The van der Waals surface area contributed by atoms with Crippen LogP contribution in [0.25, 0.3) is 10.9 Å². The van der Waals surface area contributed by atoms with E-state index in [1.165, 1.54) is 0 Å². The van der Waals surface area contributed by atoms with E-state index in [-0.39, 0.29) is 24.0 Å². The molecule has 8 heteroatoms. The first-order valence-electron chi connectivity index (χ1n) is 14.2. The first-order chi connectivity index (χ1) is 19.1. The molecule has 39 heavy (non-hydrogen) atoms. The molecule has 3 heterocycles. The number of aromatic nitrogens is 4. The minimum Gasteiger partial charge on any atom is -0.357 e. The van der Waals surface area contributed by atoms with Gasteiger partial charge in [-0.3, -0.25) is 4.79 Å². The Labute approximate surface area is 229 Å². The monoisotopic (exact) mass is 524 g/mol. The molecule has 0 bridgehead atoms. The minimum atomic E-state index is -0.00733. The number of nitrogens with zero attached hydrogens (tertiary/aromatic N) is 4.